The van der Waals surface area contributed by atoms with Crippen LogP contribution in [0.2, 0.25) is 0 Å². The summed E-state index contributed by atoms with van der Waals surface area (Å²) in [6.45, 7) is 0.143. The fourth-order valence-corrected chi connectivity index (χ4v) is 6.30. The first kappa shape index (κ1) is 26.4. The normalized spacial score (nSPS) is 17.7. The molecule has 4 aromatic rings. The molecular formula is C25H26FN7O5S. The molecule has 0 radical (unpaired) electrons. The van der Waals surface area contributed by atoms with Crippen LogP contribution in [-0.2, 0) is 15.6 Å². The second kappa shape index (κ2) is 10.9. The van der Waals surface area contributed by atoms with E-state index in [1.54, 1.807) is 47.3 Å². The molecule has 3 aromatic heterocycles. The first-order valence-electron chi connectivity index (χ1n) is 12.0. The van der Waals surface area contributed by atoms with Gasteiger partial charge in [0, 0.05) is 31.0 Å². The minimum Gasteiger partial charge on any atom is -0.494 e. The molecule has 4 heterocycles. The van der Waals surface area contributed by atoms with E-state index >= 15 is 0 Å². The van der Waals surface area contributed by atoms with Crippen molar-refractivity contribution in [2.45, 2.75) is 23.5 Å². The van der Waals surface area contributed by atoms with Crippen LogP contribution in [0.5, 0.6) is 11.5 Å². The molecule has 12 nitrogen and oxygen atoms in total. The quantitative estimate of drug-likeness (QED) is 0.340. The first-order chi connectivity index (χ1) is 18.8. The van der Waals surface area contributed by atoms with Crippen molar-refractivity contribution in [1.29, 1.82) is 0 Å². The maximum Gasteiger partial charge on any atom is 0.225 e. The number of nitrogens with zero attached hydrogens (tertiary/aromatic N) is 7. The van der Waals surface area contributed by atoms with Crippen molar-refractivity contribution in [1.82, 2.24) is 29.7 Å². The molecule has 0 bridgehead atoms. The van der Waals surface area contributed by atoms with Gasteiger partial charge < -0.3 is 19.5 Å². The lowest BCUT2D eigenvalue weighted by Gasteiger charge is -2.35. The molecule has 0 spiro atoms. The number of aliphatic hydroxyl groups excluding tert-OH is 1. The highest BCUT2D eigenvalue weighted by atomic mass is 32.2. The van der Waals surface area contributed by atoms with E-state index in [4.69, 9.17) is 9.47 Å². The van der Waals surface area contributed by atoms with E-state index in [1.165, 1.54) is 19.1 Å². The number of β-amino-alcohol motifs (C(OH)–C–C–N with tert-alkyl or cyclic N) is 1. The van der Waals surface area contributed by atoms with Gasteiger partial charge in [0.2, 0.25) is 5.95 Å². The fourth-order valence-electron chi connectivity index (χ4n) is 4.60. The summed E-state index contributed by atoms with van der Waals surface area (Å²) in [4.78, 5) is 13.6. The van der Waals surface area contributed by atoms with Gasteiger partial charge in [0.05, 0.1) is 38.0 Å². The number of rotatable bonds is 8. The largest absolute Gasteiger partial charge is 0.494 e. The standard InChI is InChI=1S/C25H26FN7O5S/c1-37-20-6-3-7-21(38-2)23(20)33-22(30-31-24(33)16-5-4-8-27-10-16)15-39(35,36)19-9-18(34)13-32(14-19)25-28-11-17(26)12-29-25/h3-8,10-12,18-19,34H,9,13-15H2,1-2H3/t18-,19+/m0/s1. The summed E-state index contributed by atoms with van der Waals surface area (Å²) in [6, 6.07) is 8.72. The Hall–Kier alpha value is -4.17. The van der Waals surface area contributed by atoms with Crippen LogP contribution in [0.1, 0.15) is 12.2 Å². The van der Waals surface area contributed by atoms with Gasteiger partial charge in [-0.2, -0.15) is 0 Å². The second-order valence-electron chi connectivity index (χ2n) is 8.95. The van der Waals surface area contributed by atoms with Crippen LogP contribution >= 0.6 is 0 Å². The van der Waals surface area contributed by atoms with Gasteiger partial charge in [0.15, 0.2) is 27.3 Å². The molecule has 1 aliphatic rings. The zero-order valence-corrected chi connectivity index (χ0v) is 22.0. The Kier molecular flexibility index (Phi) is 7.39. The molecule has 1 saturated heterocycles. The Morgan fingerprint density at radius 3 is 2.38 bits per heavy atom. The summed E-state index contributed by atoms with van der Waals surface area (Å²) in [6.07, 6.45) is 4.27. The Bertz CT molecular complexity index is 1530. The van der Waals surface area contributed by atoms with Crippen molar-refractivity contribution >= 4 is 15.8 Å². The first-order valence-corrected chi connectivity index (χ1v) is 13.7. The van der Waals surface area contributed by atoms with Gasteiger partial charge in [-0.3, -0.25) is 9.55 Å². The Labute approximate surface area is 224 Å². The van der Waals surface area contributed by atoms with E-state index < -0.39 is 32.8 Å². The monoisotopic (exact) mass is 555 g/mol. The van der Waals surface area contributed by atoms with E-state index in [-0.39, 0.29) is 31.3 Å². The summed E-state index contributed by atoms with van der Waals surface area (Å²) in [7, 11) is -0.912. The summed E-state index contributed by atoms with van der Waals surface area (Å²) < 4.78 is 53.6. The predicted octanol–water partition coefficient (Wildman–Crippen LogP) is 1.83. The maximum atomic E-state index is 13.8. The lowest BCUT2D eigenvalue weighted by molar-refractivity contribution is 0.154. The summed E-state index contributed by atoms with van der Waals surface area (Å²) in [5, 5.41) is 18.1. The smallest absolute Gasteiger partial charge is 0.225 e. The molecule has 39 heavy (non-hydrogen) atoms. The van der Waals surface area contributed by atoms with Gasteiger partial charge in [-0.05, 0) is 30.7 Å². The lowest BCUT2D eigenvalue weighted by Crippen LogP contribution is -2.49. The molecule has 2 atom stereocenters. The van der Waals surface area contributed by atoms with Crippen LogP contribution in [0.15, 0.2) is 55.1 Å². The molecule has 5 rings (SSSR count). The number of hydrogen-bond acceptors (Lipinski definition) is 11. The minimum absolute atomic E-state index is 0.0155. The van der Waals surface area contributed by atoms with Crippen molar-refractivity contribution in [3.63, 3.8) is 0 Å². The number of aliphatic hydroxyl groups is 1. The number of methoxy groups -OCH3 is 2. The third-order valence-corrected chi connectivity index (χ3v) is 8.41. The Morgan fingerprint density at radius 2 is 1.74 bits per heavy atom. The third-order valence-electron chi connectivity index (χ3n) is 6.39. The van der Waals surface area contributed by atoms with Crippen molar-refractivity contribution in [3.8, 4) is 28.6 Å². The van der Waals surface area contributed by atoms with Crippen LogP contribution in [0.25, 0.3) is 17.1 Å². The van der Waals surface area contributed by atoms with Gasteiger partial charge in [-0.25, -0.2) is 22.8 Å². The van der Waals surface area contributed by atoms with Crippen LogP contribution in [0, 0.1) is 5.82 Å². The van der Waals surface area contributed by atoms with E-state index in [9.17, 15) is 17.9 Å². The van der Waals surface area contributed by atoms with E-state index in [0.29, 0.717) is 28.6 Å². The lowest BCUT2D eigenvalue weighted by atomic mass is 10.1. The molecule has 1 aliphatic heterocycles. The molecule has 14 heteroatoms. The van der Waals surface area contributed by atoms with Crippen molar-refractivity contribution in [2.24, 2.45) is 0 Å². The minimum atomic E-state index is -3.91. The molecule has 0 unspecified atom stereocenters. The zero-order chi connectivity index (χ0) is 27.6. The predicted molar refractivity (Wildman–Crippen MR) is 139 cm³/mol. The number of anilines is 1. The molecule has 204 valence electrons. The average Bonchev–Trinajstić information content (AvgIpc) is 3.35. The molecule has 0 aliphatic carbocycles. The van der Waals surface area contributed by atoms with Crippen LogP contribution < -0.4 is 14.4 Å². The Morgan fingerprint density at radius 1 is 1.03 bits per heavy atom. The van der Waals surface area contributed by atoms with Crippen molar-refractivity contribution < 1.29 is 27.4 Å². The topological polar surface area (TPSA) is 145 Å². The molecule has 1 N–H and O–H groups in total. The number of para-hydroxylation sites is 1. The number of aromatic nitrogens is 6. The summed E-state index contributed by atoms with van der Waals surface area (Å²) in [5.74, 6) is 0.350. The summed E-state index contributed by atoms with van der Waals surface area (Å²) in [5.41, 5.74) is 1.04. The number of benzene rings is 1. The van der Waals surface area contributed by atoms with Gasteiger partial charge >= 0.3 is 0 Å². The number of halogens is 1. The van der Waals surface area contributed by atoms with Crippen molar-refractivity contribution in [3.05, 3.63) is 66.8 Å². The van der Waals surface area contributed by atoms with Gasteiger partial charge in [0.1, 0.15) is 22.9 Å². The number of hydrogen-bond donors (Lipinski definition) is 1. The van der Waals surface area contributed by atoms with Gasteiger partial charge in [-0.1, -0.05) is 6.07 Å². The third kappa shape index (κ3) is 5.38. The molecule has 0 amide bonds. The van der Waals surface area contributed by atoms with Crippen LogP contribution in [-0.4, -0.2) is 81.9 Å². The second-order valence-corrected chi connectivity index (χ2v) is 11.2. The average molecular weight is 556 g/mol. The van der Waals surface area contributed by atoms with Gasteiger partial charge in [0.25, 0.3) is 0 Å². The van der Waals surface area contributed by atoms with E-state index in [0.717, 1.165) is 12.4 Å². The molecule has 1 aromatic carbocycles. The fraction of sp³-hybridized carbons (Fsp3) is 0.320. The molecule has 0 saturated carbocycles. The highest BCUT2D eigenvalue weighted by molar-refractivity contribution is 7.91. The van der Waals surface area contributed by atoms with E-state index in [1.807, 2.05) is 0 Å². The zero-order valence-electron chi connectivity index (χ0n) is 21.2. The number of ether oxygens (including phenoxy) is 2. The number of piperidine rings is 1. The highest BCUT2D eigenvalue weighted by Crippen LogP contribution is 2.37. The van der Waals surface area contributed by atoms with E-state index in [2.05, 4.69) is 25.1 Å². The molecular weight excluding hydrogens is 529 g/mol. The van der Waals surface area contributed by atoms with Crippen molar-refractivity contribution in [2.75, 3.05) is 32.2 Å². The number of pyridine rings is 1. The maximum absolute atomic E-state index is 13.8. The summed E-state index contributed by atoms with van der Waals surface area (Å²) >= 11 is 0. The molecule has 1 fully saturated rings. The van der Waals surface area contributed by atoms with Gasteiger partial charge in [-0.15, -0.1) is 10.2 Å². The number of sulfone groups is 1. The SMILES string of the molecule is COc1cccc(OC)c1-n1c(CS(=O)(=O)[C@@H]2C[C@H](O)CN(c3ncc(F)cn3)C2)nnc1-c1cccnc1. The highest BCUT2D eigenvalue weighted by Gasteiger charge is 2.37. The Balaban J connectivity index is 1.55. The van der Waals surface area contributed by atoms with Crippen LogP contribution in [0.3, 0.4) is 0 Å². The van der Waals surface area contributed by atoms with Crippen LogP contribution in [0.4, 0.5) is 10.3 Å².